The molecule has 1 aromatic rings. The van der Waals surface area contributed by atoms with Crippen LogP contribution in [0.15, 0.2) is 6.07 Å². The number of hydrogen-bond acceptors (Lipinski definition) is 6. The summed E-state index contributed by atoms with van der Waals surface area (Å²) in [7, 11) is 0. The summed E-state index contributed by atoms with van der Waals surface area (Å²) in [6, 6.07) is 2.11. The number of nitrogens with zero attached hydrogens (tertiary/aromatic N) is 1. The SMILES string of the molecule is CCCN1CCC2(CC1)OCCc1cc(C(=O)NCC3CCCCO3)sc12.O=CO. The number of carbonyl (C=O) groups excluding carboxylic acids is 1. The van der Waals surface area contributed by atoms with Gasteiger partial charge in [0.1, 0.15) is 5.60 Å². The first-order chi connectivity index (χ1) is 14.6. The van der Waals surface area contributed by atoms with Crippen molar-refractivity contribution in [2.45, 2.75) is 63.6 Å². The van der Waals surface area contributed by atoms with Crippen molar-refractivity contribution in [2.75, 3.05) is 39.4 Å². The summed E-state index contributed by atoms with van der Waals surface area (Å²) in [6.45, 7) is 7.55. The van der Waals surface area contributed by atoms with Gasteiger partial charge in [-0.1, -0.05) is 6.92 Å². The van der Waals surface area contributed by atoms with Gasteiger partial charge < -0.3 is 24.8 Å². The number of fused-ring (bicyclic) bond motifs is 2. The molecule has 0 saturated carbocycles. The maximum absolute atomic E-state index is 12.7. The van der Waals surface area contributed by atoms with Crippen LogP contribution in [0.2, 0.25) is 0 Å². The minimum absolute atomic E-state index is 0.0437. The van der Waals surface area contributed by atoms with Gasteiger partial charge in [0.15, 0.2) is 0 Å². The minimum Gasteiger partial charge on any atom is -0.483 e. The van der Waals surface area contributed by atoms with Gasteiger partial charge in [0, 0.05) is 31.1 Å². The quantitative estimate of drug-likeness (QED) is 0.687. The Morgan fingerprint density at radius 1 is 1.37 bits per heavy atom. The van der Waals surface area contributed by atoms with Crippen molar-refractivity contribution in [1.82, 2.24) is 10.2 Å². The molecule has 2 N–H and O–H groups in total. The second-order valence-corrected chi connectivity index (χ2v) is 9.26. The number of carboxylic acid groups (broad SMARTS) is 1. The summed E-state index contributed by atoms with van der Waals surface area (Å²) < 4.78 is 12.1. The largest absolute Gasteiger partial charge is 0.483 e. The molecule has 1 unspecified atom stereocenters. The van der Waals surface area contributed by atoms with Gasteiger partial charge in [-0.2, -0.15) is 0 Å². The van der Waals surface area contributed by atoms with E-state index in [1.54, 1.807) is 11.3 Å². The molecule has 1 amide bonds. The standard InChI is InChI=1S/C21H32N2O3S.CH2O2/c1-2-9-23-10-7-21(8-11-23)19-16(6-13-26-21)14-18(27-19)20(24)22-15-17-5-3-4-12-25-17;2-1-3/h14,17H,2-13,15H2,1H3,(H,22,24);1H,(H,2,3). The summed E-state index contributed by atoms with van der Waals surface area (Å²) in [6.07, 6.45) is 7.76. The van der Waals surface area contributed by atoms with E-state index in [4.69, 9.17) is 19.4 Å². The van der Waals surface area contributed by atoms with Gasteiger partial charge in [-0.05, 0) is 63.1 Å². The van der Waals surface area contributed by atoms with Crippen LogP contribution in [0.1, 0.15) is 65.6 Å². The highest BCUT2D eigenvalue weighted by atomic mass is 32.1. The molecule has 4 heterocycles. The Morgan fingerprint density at radius 3 is 2.80 bits per heavy atom. The van der Waals surface area contributed by atoms with Crippen molar-refractivity contribution >= 4 is 23.7 Å². The van der Waals surface area contributed by atoms with Crippen LogP contribution >= 0.6 is 11.3 Å². The van der Waals surface area contributed by atoms with Crippen LogP contribution in [0.3, 0.4) is 0 Å². The Bertz CT molecular complexity index is 694. The number of carbonyl (C=O) groups is 2. The maximum atomic E-state index is 12.7. The number of piperidine rings is 1. The van der Waals surface area contributed by atoms with Crippen LogP contribution in [0, 0.1) is 0 Å². The monoisotopic (exact) mass is 438 g/mol. The molecule has 0 aromatic carbocycles. The average molecular weight is 439 g/mol. The van der Waals surface area contributed by atoms with Crippen LogP contribution < -0.4 is 5.32 Å². The average Bonchev–Trinajstić information content (AvgIpc) is 3.21. The lowest BCUT2D eigenvalue weighted by atomic mass is 9.85. The van der Waals surface area contributed by atoms with Crippen LogP contribution in [0.25, 0.3) is 0 Å². The second kappa shape index (κ2) is 11.2. The van der Waals surface area contributed by atoms with Gasteiger partial charge in [0.05, 0.1) is 17.6 Å². The number of rotatable bonds is 5. The van der Waals surface area contributed by atoms with E-state index in [0.717, 1.165) is 63.3 Å². The van der Waals surface area contributed by atoms with Crippen LogP contribution in [0.5, 0.6) is 0 Å². The molecular formula is C22H34N2O5S. The Morgan fingerprint density at radius 2 is 2.13 bits per heavy atom. The third-order valence-corrected chi connectivity index (χ3v) is 7.53. The van der Waals surface area contributed by atoms with E-state index in [-0.39, 0.29) is 24.1 Å². The lowest BCUT2D eigenvalue weighted by Crippen LogP contribution is -2.46. The predicted octanol–water partition coefficient (Wildman–Crippen LogP) is 3.02. The van der Waals surface area contributed by atoms with E-state index in [9.17, 15) is 4.79 Å². The highest BCUT2D eigenvalue weighted by Crippen LogP contribution is 2.45. The molecule has 0 bridgehead atoms. The van der Waals surface area contributed by atoms with Crippen molar-refractivity contribution in [2.24, 2.45) is 0 Å². The van der Waals surface area contributed by atoms with Gasteiger partial charge in [-0.25, -0.2) is 0 Å². The van der Waals surface area contributed by atoms with Gasteiger partial charge >= 0.3 is 0 Å². The molecule has 3 aliphatic rings. The Hall–Kier alpha value is -1.48. The number of likely N-dealkylation sites (tertiary alicyclic amines) is 1. The Balaban J connectivity index is 0.000000806. The summed E-state index contributed by atoms with van der Waals surface area (Å²) in [5.41, 5.74) is 1.17. The zero-order chi connectivity index (χ0) is 21.4. The fourth-order valence-electron chi connectivity index (χ4n) is 4.62. The molecule has 30 heavy (non-hydrogen) atoms. The smallest absolute Gasteiger partial charge is 0.290 e. The molecule has 4 rings (SSSR count). The lowest BCUT2D eigenvalue weighted by molar-refractivity contribution is -0.122. The maximum Gasteiger partial charge on any atom is 0.290 e. The summed E-state index contributed by atoms with van der Waals surface area (Å²) in [5.74, 6) is 0.0437. The highest BCUT2D eigenvalue weighted by Gasteiger charge is 2.42. The zero-order valence-electron chi connectivity index (χ0n) is 17.9. The lowest BCUT2D eigenvalue weighted by Gasteiger charge is -2.43. The molecule has 0 aliphatic carbocycles. The van der Waals surface area contributed by atoms with E-state index in [1.165, 1.54) is 29.8 Å². The highest BCUT2D eigenvalue weighted by molar-refractivity contribution is 7.14. The molecule has 1 spiro atoms. The Labute approximate surface area is 182 Å². The molecule has 3 aliphatic heterocycles. The number of ether oxygens (including phenoxy) is 2. The van der Waals surface area contributed by atoms with E-state index in [2.05, 4.69) is 23.2 Å². The van der Waals surface area contributed by atoms with Crippen molar-refractivity contribution < 1.29 is 24.2 Å². The van der Waals surface area contributed by atoms with Crippen molar-refractivity contribution in [3.63, 3.8) is 0 Å². The molecule has 8 heteroatoms. The molecule has 1 aromatic heterocycles. The first kappa shape index (κ1) is 23.2. The van der Waals surface area contributed by atoms with E-state index in [1.807, 2.05) is 0 Å². The van der Waals surface area contributed by atoms with E-state index < -0.39 is 0 Å². The normalized spacial score (nSPS) is 23.2. The molecule has 2 fully saturated rings. The second-order valence-electron chi connectivity index (χ2n) is 8.20. The molecule has 2 saturated heterocycles. The van der Waals surface area contributed by atoms with Crippen LogP contribution in [-0.4, -0.2) is 67.9 Å². The van der Waals surface area contributed by atoms with Crippen molar-refractivity contribution in [1.29, 1.82) is 0 Å². The molecule has 7 nitrogen and oxygen atoms in total. The van der Waals surface area contributed by atoms with Crippen LogP contribution in [-0.2, 0) is 26.3 Å². The van der Waals surface area contributed by atoms with Crippen molar-refractivity contribution in [3.8, 4) is 0 Å². The van der Waals surface area contributed by atoms with Gasteiger partial charge in [0.2, 0.25) is 0 Å². The first-order valence-corrected chi connectivity index (χ1v) is 11.9. The number of thiophene rings is 1. The molecule has 168 valence electrons. The fourth-order valence-corrected chi connectivity index (χ4v) is 5.95. The minimum atomic E-state index is -0.250. The molecule has 0 radical (unpaired) electrons. The zero-order valence-corrected chi connectivity index (χ0v) is 18.7. The topological polar surface area (TPSA) is 88.1 Å². The van der Waals surface area contributed by atoms with E-state index >= 15 is 0 Å². The number of nitrogens with one attached hydrogen (secondary N) is 1. The van der Waals surface area contributed by atoms with E-state index in [0.29, 0.717) is 6.54 Å². The van der Waals surface area contributed by atoms with Gasteiger partial charge in [-0.3, -0.25) is 9.59 Å². The summed E-state index contributed by atoms with van der Waals surface area (Å²) in [4.78, 5) is 25.7. The third kappa shape index (κ3) is 5.60. The summed E-state index contributed by atoms with van der Waals surface area (Å²) >= 11 is 1.65. The number of amides is 1. The molecular weight excluding hydrogens is 404 g/mol. The summed E-state index contributed by atoms with van der Waals surface area (Å²) in [5, 5.41) is 9.98. The van der Waals surface area contributed by atoms with Crippen LogP contribution in [0.4, 0.5) is 0 Å². The van der Waals surface area contributed by atoms with Gasteiger partial charge in [0.25, 0.3) is 12.4 Å². The predicted molar refractivity (Wildman–Crippen MR) is 116 cm³/mol. The third-order valence-electron chi connectivity index (χ3n) is 6.16. The Kier molecular flexibility index (Phi) is 8.68. The molecule has 1 atom stereocenters. The van der Waals surface area contributed by atoms with Crippen molar-refractivity contribution in [3.05, 3.63) is 21.4 Å². The van der Waals surface area contributed by atoms with Gasteiger partial charge in [-0.15, -0.1) is 11.3 Å². The first-order valence-electron chi connectivity index (χ1n) is 11.1. The number of hydrogen-bond donors (Lipinski definition) is 2. The fraction of sp³-hybridized carbons (Fsp3) is 0.727.